The van der Waals surface area contributed by atoms with Gasteiger partial charge < -0.3 is 0 Å². The maximum absolute atomic E-state index is 6.08. The van der Waals surface area contributed by atoms with E-state index in [2.05, 4.69) is 34.7 Å². The van der Waals surface area contributed by atoms with Crippen molar-refractivity contribution in [2.75, 3.05) is 0 Å². The molecule has 0 N–H and O–H groups in total. The van der Waals surface area contributed by atoms with Crippen LogP contribution in [-0.2, 0) is 0 Å². The predicted octanol–water partition coefficient (Wildman–Crippen LogP) is 7.28. The average Bonchev–Trinajstić information content (AvgIpc) is 3.34. The van der Waals surface area contributed by atoms with Crippen LogP contribution in [0.1, 0.15) is 0 Å². The van der Waals surface area contributed by atoms with Gasteiger partial charge >= 0.3 is 0 Å². The maximum Gasteiger partial charge on any atom is 0.174 e. The van der Waals surface area contributed by atoms with E-state index in [9.17, 15) is 0 Å². The summed E-state index contributed by atoms with van der Waals surface area (Å²) in [6.07, 6.45) is 0. The molecule has 7 rings (SSSR count). The molecule has 7 aromatic rings. The number of imidazole rings is 1. The molecule has 5 nitrogen and oxygen atoms in total. The highest BCUT2D eigenvalue weighted by Crippen LogP contribution is 2.29. The largest absolute Gasteiger partial charge is 0.288 e. The summed E-state index contributed by atoms with van der Waals surface area (Å²) in [6, 6.07) is 38.5. The monoisotopic (exact) mass is 481 g/mol. The van der Waals surface area contributed by atoms with Gasteiger partial charge in [0.25, 0.3) is 0 Å². The second-order valence-corrected chi connectivity index (χ2v) is 8.94. The van der Waals surface area contributed by atoms with Crippen LogP contribution < -0.4 is 0 Å². The molecule has 3 heterocycles. The standard InChI is InChI=1S/C30H19N5S/c36-30-29-32-22-15-7-8-16-24(22)34(29)25-17-9-10-18-26(25)35(30)27-19-23(20-11-3-1-4-12-20)31-28(33-27)21-13-5-2-6-14-21/h1-19H. The summed E-state index contributed by atoms with van der Waals surface area (Å²) in [5.41, 5.74) is 7.42. The lowest BCUT2D eigenvalue weighted by molar-refractivity contribution is 0.983. The van der Waals surface area contributed by atoms with Gasteiger partial charge in [0.1, 0.15) is 5.82 Å². The van der Waals surface area contributed by atoms with Crippen LogP contribution in [0.5, 0.6) is 0 Å². The van der Waals surface area contributed by atoms with Crippen LogP contribution in [0, 0.1) is 4.64 Å². The molecule has 0 atom stereocenters. The van der Waals surface area contributed by atoms with E-state index in [0.717, 1.165) is 44.5 Å². The van der Waals surface area contributed by atoms with Crippen LogP contribution >= 0.6 is 12.2 Å². The predicted molar refractivity (Wildman–Crippen MR) is 147 cm³/mol. The summed E-state index contributed by atoms with van der Waals surface area (Å²) in [7, 11) is 0. The number of aromatic nitrogens is 5. The number of hydrogen-bond donors (Lipinski definition) is 0. The highest BCUT2D eigenvalue weighted by Gasteiger charge is 2.17. The minimum Gasteiger partial charge on any atom is -0.288 e. The second kappa shape index (κ2) is 8.22. The molecule has 6 heteroatoms. The third-order valence-electron chi connectivity index (χ3n) is 6.36. The molecule has 170 valence electrons. The first-order chi connectivity index (χ1) is 17.8. The molecule has 0 unspecified atom stereocenters. The van der Waals surface area contributed by atoms with Crippen molar-refractivity contribution < 1.29 is 0 Å². The van der Waals surface area contributed by atoms with Crippen LogP contribution in [-0.4, -0.2) is 23.9 Å². The number of benzene rings is 4. The normalized spacial score (nSPS) is 11.4. The highest BCUT2D eigenvalue weighted by molar-refractivity contribution is 7.71. The van der Waals surface area contributed by atoms with Crippen LogP contribution in [0.15, 0.2) is 115 Å². The zero-order chi connectivity index (χ0) is 24.1. The Morgan fingerprint density at radius 1 is 0.556 bits per heavy atom. The van der Waals surface area contributed by atoms with Crippen molar-refractivity contribution in [3.8, 4) is 28.5 Å². The topological polar surface area (TPSA) is 48.0 Å². The Hall–Kier alpha value is -4.68. The van der Waals surface area contributed by atoms with Gasteiger partial charge in [-0.05, 0) is 24.3 Å². The molecule has 0 amide bonds. The third-order valence-corrected chi connectivity index (χ3v) is 6.73. The molecule has 0 bridgehead atoms. The summed E-state index contributed by atoms with van der Waals surface area (Å²) < 4.78 is 4.76. The summed E-state index contributed by atoms with van der Waals surface area (Å²) in [5, 5.41) is 0. The van der Waals surface area contributed by atoms with Crippen molar-refractivity contribution in [2.24, 2.45) is 0 Å². The number of hydrogen-bond acceptors (Lipinski definition) is 4. The molecule has 0 saturated heterocycles. The van der Waals surface area contributed by atoms with Crippen molar-refractivity contribution in [3.63, 3.8) is 0 Å². The summed E-state index contributed by atoms with van der Waals surface area (Å²) in [6.45, 7) is 0. The lowest BCUT2D eigenvalue weighted by Crippen LogP contribution is -2.08. The lowest BCUT2D eigenvalue weighted by Gasteiger charge is -2.15. The van der Waals surface area contributed by atoms with E-state index in [1.807, 2.05) is 89.5 Å². The van der Waals surface area contributed by atoms with Crippen molar-refractivity contribution >= 4 is 39.9 Å². The molecule has 0 radical (unpaired) electrons. The first-order valence-electron chi connectivity index (χ1n) is 11.7. The fourth-order valence-electron chi connectivity index (χ4n) is 4.71. The van der Waals surface area contributed by atoms with Crippen LogP contribution in [0.3, 0.4) is 0 Å². The van der Waals surface area contributed by atoms with Gasteiger partial charge in [0.2, 0.25) is 0 Å². The Balaban J connectivity index is 1.61. The Bertz CT molecular complexity index is 1900. The summed E-state index contributed by atoms with van der Waals surface area (Å²) in [4.78, 5) is 14.9. The van der Waals surface area contributed by atoms with Gasteiger partial charge in [0, 0.05) is 17.2 Å². The van der Waals surface area contributed by atoms with Crippen LogP contribution in [0.25, 0.3) is 56.2 Å². The Morgan fingerprint density at radius 2 is 1.17 bits per heavy atom. The summed E-state index contributed by atoms with van der Waals surface area (Å²) in [5.74, 6) is 1.35. The van der Waals surface area contributed by atoms with E-state index >= 15 is 0 Å². The lowest BCUT2D eigenvalue weighted by atomic mass is 10.1. The van der Waals surface area contributed by atoms with Gasteiger partial charge in [-0.3, -0.25) is 8.97 Å². The fourth-order valence-corrected chi connectivity index (χ4v) is 5.04. The number of rotatable bonds is 3. The van der Waals surface area contributed by atoms with E-state index < -0.39 is 0 Å². The van der Waals surface area contributed by atoms with Crippen molar-refractivity contribution in [1.82, 2.24) is 23.9 Å². The fraction of sp³-hybridized carbons (Fsp3) is 0. The van der Waals surface area contributed by atoms with E-state index in [1.165, 1.54) is 0 Å². The minimum absolute atomic E-state index is 0.599. The van der Waals surface area contributed by atoms with E-state index in [0.29, 0.717) is 16.3 Å². The molecule has 0 spiro atoms. The van der Waals surface area contributed by atoms with Crippen molar-refractivity contribution in [1.29, 1.82) is 0 Å². The van der Waals surface area contributed by atoms with E-state index in [1.54, 1.807) is 0 Å². The van der Waals surface area contributed by atoms with Gasteiger partial charge in [-0.25, -0.2) is 15.0 Å². The number of para-hydroxylation sites is 4. The highest BCUT2D eigenvalue weighted by atomic mass is 32.1. The number of nitrogens with zero attached hydrogens (tertiary/aromatic N) is 5. The Morgan fingerprint density at radius 3 is 1.92 bits per heavy atom. The third kappa shape index (κ3) is 3.23. The smallest absolute Gasteiger partial charge is 0.174 e. The molecular formula is C30H19N5S. The SMILES string of the molecule is S=c1c2nc3ccccc3n2c2ccccc2n1-c1cc(-c2ccccc2)nc(-c2ccccc2)n1. The van der Waals surface area contributed by atoms with Gasteiger partial charge in [-0.15, -0.1) is 0 Å². The van der Waals surface area contributed by atoms with Crippen molar-refractivity contribution in [2.45, 2.75) is 0 Å². The maximum atomic E-state index is 6.08. The second-order valence-electron chi connectivity index (χ2n) is 8.56. The molecule has 0 aliphatic carbocycles. The first kappa shape index (κ1) is 20.7. The quantitative estimate of drug-likeness (QED) is 0.249. The zero-order valence-corrected chi connectivity index (χ0v) is 19.9. The Kier molecular flexibility index (Phi) is 4.72. The molecule has 36 heavy (non-hydrogen) atoms. The first-order valence-corrected chi connectivity index (χ1v) is 12.1. The molecule has 0 saturated carbocycles. The minimum atomic E-state index is 0.599. The zero-order valence-electron chi connectivity index (χ0n) is 19.1. The van der Waals surface area contributed by atoms with Crippen molar-refractivity contribution in [3.05, 3.63) is 120 Å². The molecular weight excluding hydrogens is 462 g/mol. The average molecular weight is 482 g/mol. The molecule has 0 aliphatic rings. The van der Waals surface area contributed by atoms with Gasteiger partial charge in [0.05, 0.1) is 27.8 Å². The van der Waals surface area contributed by atoms with Crippen LogP contribution in [0.4, 0.5) is 0 Å². The molecule has 0 fully saturated rings. The van der Waals surface area contributed by atoms with Crippen LogP contribution in [0.2, 0.25) is 0 Å². The number of fused-ring (bicyclic) bond motifs is 5. The van der Waals surface area contributed by atoms with Gasteiger partial charge in [0.15, 0.2) is 16.1 Å². The molecule has 0 aliphatic heterocycles. The van der Waals surface area contributed by atoms with E-state index in [4.69, 9.17) is 27.2 Å². The van der Waals surface area contributed by atoms with Gasteiger partial charge in [-0.2, -0.15) is 0 Å². The molecule has 3 aromatic heterocycles. The summed E-state index contributed by atoms with van der Waals surface area (Å²) >= 11 is 6.08. The molecule has 4 aromatic carbocycles. The van der Waals surface area contributed by atoms with E-state index in [-0.39, 0.29) is 0 Å². The van der Waals surface area contributed by atoms with Gasteiger partial charge in [-0.1, -0.05) is 97.1 Å². The Labute approximate surface area is 212 Å².